The first-order valence-electron chi connectivity index (χ1n) is 4.89. The summed E-state index contributed by atoms with van der Waals surface area (Å²) in [5.41, 5.74) is 4.74. The van der Waals surface area contributed by atoms with Gasteiger partial charge in [0.2, 0.25) is 5.88 Å². The highest BCUT2D eigenvalue weighted by Gasteiger charge is 2.34. The second-order valence-electron chi connectivity index (χ2n) is 3.71. The Morgan fingerprint density at radius 1 is 1.28 bits per heavy atom. The van der Waals surface area contributed by atoms with Crippen molar-refractivity contribution in [2.24, 2.45) is 0 Å². The van der Waals surface area contributed by atoms with Crippen LogP contribution in [0.2, 0.25) is 0 Å². The van der Waals surface area contributed by atoms with Gasteiger partial charge in [0.15, 0.2) is 0 Å². The molecule has 0 aliphatic rings. The van der Waals surface area contributed by atoms with Crippen LogP contribution in [0.1, 0.15) is 11.1 Å². The molecule has 0 aliphatic heterocycles. The van der Waals surface area contributed by atoms with Crippen molar-refractivity contribution >= 4 is 5.88 Å². The molecule has 0 amide bonds. The van der Waals surface area contributed by atoms with Crippen molar-refractivity contribution in [3.63, 3.8) is 0 Å². The quantitative estimate of drug-likeness (QED) is 0.799. The lowest BCUT2D eigenvalue weighted by molar-refractivity contribution is -0.139. The minimum atomic E-state index is -4.76. The minimum absolute atomic E-state index is 0.0166. The molecule has 1 heterocycles. The fourth-order valence-electron chi connectivity index (χ4n) is 1.51. The molecule has 2 rings (SSSR count). The van der Waals surface area contributed by atoms with E-state index < -0.39 is 17.6 Å². The Morgan fingerprint density at radius 3 is 2.44 bits per heavy atom. The van der Waals surface area contributed by atoms with Gasteiger partial charge in [0.05, 0.1) is 5.56 Å². The number of aromatic nitrogens is 1. The van der Waals surface area contributed by atoms with Gasteiger partial charge in [-0.25, -0.2) is 4.39 Å². The largest absolute Gasteiger partial charge is 0.419 e. The minimum Gasteiger partial charge on any atom is -0.367 e. The van der Waals surface area contributed by atoms with Crippen LogP contribution < -0.4 is 5.73 Å². The number of halogens is 4. The first-order valence-corrected chi connectivity index (χ1v) is 4.89. The normalized spacial score (nSPS) is 11.8. The molecule has 3 nitrogen and oxygen atoms in total. The van der Waals surface area contributed by atoms with E-state index in [2.05, 4.69) is 9.68 Å². The molecule has 0 radical (unpaired) electrons. The number of rotatable bonds is 1. The van der Waals surface area contributed by atoms with Gasteiger partial charge in [-0.05, 0) is 25.1 Å². The third kappa shape index (κ3) is 2.03. The van der Waals surface area contributed by atoms with Crippen LogP contribution in [0.25, 0.3) is 11.3 Å². The maximum Gasteiger partial charge on any atom is 0.419 e. The third-order valence-corrected chi connectivity index (χ3v) is 2.51. The first-order chi connectivity index (χ1) is 8.30. The van der Waals surface area contributed by atoms with Crippen molar-refractivity contribution in [2.75, 3.05) is 5.73 Å². The number of nitrogen functional groups attached to an aromatic ring is 1. The summed E-state index contributed by atoms with van der Waals surface area (Å²) in [5.74, 6) is -1.32. The molecule has 0 fully saturated rings. The van der Waals surface area contributed by atoms with Crippen LogP contribution in [0.4, 0.5) is 23.4 Å². The predicted molar refractivity (Wildman–Crippen MR) is 56.0 cm³/mol. The van der Waals surface area contributed by atoms with E-state index in [1.807, 2.05) is 0 Å². The molecular formula is C11H8F4N2O. The second-order valence-corrected chi connectivity index (χ2v) is 3.71. The van der Waals surface area contributed by atoms with E-state index >= 15 is 0 Å². The molecule has 0 saturated carbocycles. The standard InChI is InChI=1S/C11H8F4N2O/c1-5-9(17-18-10(5)16)6-2-3-8(12)7(4-6)11(13,14)15/h2-4H,16H2,1H3. The van der Waals surface area contributed by atoms with E-state index in [9.17, 15) is 17.6 Å². The van der Waals surface area contributed by atoms with Gasteiger partial charge in [-0.3, -0.25) is 0 Å². The molecule has 2 aromatic rings. The third-order valence-electron chi connectivity index (χ3n) is 2.51. The van der Waals surface area contributed by atoms with Crippen LogP contribution in [0.3, 0.4) is 0 Å². The first kappa shape index (κ1) is 12.4. The lowest BCUT2D eigenvalue weighted by Crippen LogP contribution is -2.08. The molecule has 2 N–H and O–H groups in total. The Kier molecular flexibility index (Phi) is 2.76. The number of nitrogens with two attached hydrogens (primary N) is 1. The van der Waals surface area contributed by atoms with Crippen molar-refractivity contribution in [1.29, 1.82) is 0 Å². The molecule has 0 bridgehead atoms. The molecule has 7 heteroatoms. The van der Waals surface area contributed by atoms with Gasteiger partial charge in [0.25, 0.3) is 0 Å². The maximum atomic E-state index is 13.1. The molecule has 0 unspecified atom stereocenters. The monoisotopic (exact) mass is 260 g/mol. The van der Waals surface area contributed by atoms with Gasteiger partial charge in [0, 0.05) is 11.1 Å². The number of hydrogen-bond donors (Lipinski definition) is 1. The van der Waals surface area contributed by atoms with E-state index in [1.54, 1.807) is 6.92 Å². The van der Waals surface area contributed by atoms with Crippen molar-refractivity contribution in [3.05, 3.63) is 35.1 Å². The average molecular weight is 260 g/mol. The number of anilines is 1. The Morgan fingerprint density at radius 2 is 1.94 bits per heavy atom. The number of alkyl halides is 3. The summed E-state index contributed by atoms with van der Waals surface area (Å²) < 4.78 is 55.4. The van der Waals surface area contributed by atoms with Gasteiger partial charge < -0.3 is 10.3 Å². The fraction of sp³-hybridized carbons (Fsp3) is 0.182. The Balaban J connectivity index is 2.58. The molecule has 0 saturated heterocycles. The van der Waals surface area contributed by atoms with Crippen LogP contribution >= 0.6 is 0 Å². The van der Waals surface area contributed by atoms with E-state index in [4.69, 9.17) is 5.73 Å². The summed E-state index contributed by atoms with van der Waals surface area (Å²) in [5, 5.41) is 3.55. The zero-order valence-electron chi connectivity index (χ0n) is 9.18. The fourth-order valence-corrected chi connectivity index (χ4v) is 1.51. The predicted octanol–water partition coefficient (Wildman–Crippen LogP) is 3.39. The Bertz CT molecular complexity index is 589. The Hall–Kier alpha value is -2.05. The lowest BCUT2D eigenvalue weighted by atomic mass is 10.0. The van der Waals surface area contributed by atoms with E-state index in [0.29, 0.717) is 11.6 Å². The van der Waals surface area contributed by atoms with Crippen LogP contribution in [0.5, 0.6) is 0 Å². The zero-order valence-corrected chi connectivity index (χ0v) is 9.18. The van der Waals surface area contributed by atoms with Crippen molar-refractivity contribution in [3.8, 4) is 11.3 Å². The summed E-state index contributed by atoms with van der Waals surface area (Å²) in [6.07, 6.45) is -4.76. The highest BCUT2D eigenvalue weighted by Crippen LogP contribution is 2.35. The van der Waals surface area contributed by atoms with E-state index in [1.165, 1.54) is 6.07 Å². The van der Waals surface area contributed by atoms with Crippen LogP contribution in [-0.4, -0.2) is 5.16 Å². The molecular weight excluding hydrogens is 252 g/mol. The number of nitrogens with zero attached hydrogens (tertiary/aromatic N) is 1. The summed E-state index contributed by atoms with van der Waals surface area (Å²) in [7, 11) is 0. The molecule has 18 heavy (non-hydrogen) atoms. The van der Waals surface area contributed by atoms with Crippen LogP contribution in [0, 0.1) is 12.7 Å². The molecule has 0 aliphatic carbocycles. The number of hydrogen-bond acceptors (Lipinski definition) is 3. The summed E-state index contributed by atoms with van der Waals surface area (Å²) in [6, 6.07) is 2.61. The molecule has 96 valence electrons. The van der Waals surface area contributed by atoms with E-state index in [-0.39, 0.29) is 17.1 Å². The van der Waals surface area contributed by atoms with Crippen molar-refractivity contribution in [1.82, 2.24) is 5.16 Å². The molecule has 1 aromatic carbocycles. The molecule has 0 atom stereocenters. The van der Waals surface area contributed by atoms with Crippen molar-refractivity contribution in [2.45, 2.75) is 13.1 Å². The maximum absolute atomic E-state index is 13.1. The van der Waals surface area contributed by atoms with Crippen LogP contribution in [0.15, 0.2) is 22.7 Å². The SMILES string of the molecule is Cc1c(-c2ccc(F)c(C(F)(F)F)c2)noc1N. The van der Waals surface area contributed by atoms with E-state index in [0.717, 1.165) is 6.07 Å². The van der Waals surface area contributed by atoms with Gasteiger partial charge in [-0.15, -0.1) is 0 Å². The van der Waals surface area contributed by atoms with Gasteiger partial charge in [-0.1, -0.05) is 5.16 Å². The van der Waals surface area contributed by atoms with Crippen molar-refractivity contribution < 1.29 is 22.1 Å². The second kappa shape index (κ2) is 4.01. The number of benzene rings is 1. The topological polar surface area (TPSA) is 52.0 Å². The lowest BCUT2D eigenvalue weighted by Gasteiger charge is -2.09. The molecule has 1 aromatic heterocycles. The van der Waals surface area contributed by atoms with Crippen LogP contribution in [-0.2, 0) is 6.18 Å². The smallest absolute Gasteiger partial charge is 0.367 e. The highest BCUT2D eigenvalue weighted by molar-refractivity contribution is 5.67. The van der Waals surface area contributed by atoms with Gasteiger partial charge in [-0.2, -0.15) is 13.2 Å². The summed E-state index contributed by atoms with van der Waals surface area (Å²) >= 11 is 0. The Labute approximate surface area is 99.2 Å². The van der Waals surface area contributed by atoms with Gasteiger partial charge >= 0.3 is 6.18 Å². The highest BCUT2D eigenvalue weighted by atomic mass is 19.4. The summed E-state index contributed by atoms with van der Waals surface area (Å²) in [6.45, 7) is 1.55. The van der Waals surface area contributed by atoms with Gasteiger partial charge in [0.1, 0.15) is 11.5 Å². The molecule has 0 spiro atoms. The zero-order chi connectivity index (χ0) is 13.5. The summed E-state index contributed by atoms with van der Waals surface area (Å²) in [4.78, 5) is 0. The average Bonchev–Trinajstić information content (AvgIpc) is 2.59.